The van der Waals surface area contributed by atoms with E-state index in [1.807, 2.05) is 0 Å². The van der Waals surface area contributed by atoms with Crippen LogP contribution in [0.2, 0.25) is 0 Å². The first-order chi connectivity index (χ1) is 8.27. The average Bonchev–Trinajstić information content (AvgIpc) is 2.83. The van der Waals surface area contributed by atoms with Crippen LogP contribution in [0.5, 0.6) is 0 Å². The Balaban J connectivity index is 1.74. The van der Waals surface area contributed by atoms with Crippen molar-refractivity contribution in [1.82, 2.24) is 9.55 Å². The highest BCUT2D eigenvalue weighted by molar-refractivity contribution is 5.30. The SMILES string of the molecule is Cn1ccnc(NCCCC2CCCC2)c1=O. The summed E-state index contributed by atoms with van der Waals surface area (Å²) in [7, 11) is 1.74. The number of aromatic nitrogens is 2. The summed E-state index contributed by atoms with van der Waals surface area (Å²) in [6, 6.07) is 0. The molecule has 4 heteroatoms. The fraction of sp³-hybridized carbons (Fsp3) is 0.692. The molecular formula is C13H21N3O. The minimum absolute atomic E-state index is 0.0478. The van der Waals surface area contributed by atoms with Gasteiger partial charge >= 0.3 is 0 Å². The molecular weight excluding hydrogens is 214 g/mol. The van der Waals surface area contributed by atoms with Crippen molar-refractivity contribution >= 4 is 5.82 Å². The van der Waals surface area contributed by atoms with E-state index in [1.54, 1.807) is 24.0 Å². The molecule has 0 aromatic carbocycles. The van der Waals surface area contributed by atoms with Crippen molar-refractivity contribution in [2.45, 2.75) is 38.5 Å². The predicted octanol–water partition coefficient (Wildman–Crippen LogP) is 2.16. The van der Waals surface area contributed by atoms with Crippen molar-refractivity contribution in [2.75, 3.05) is 11.9 Å². The molecule has 2 rings (SSSR count). The second-order valence-corrected chi connectivity index (χ2v) is 4.91. The fourth-order valence-corrected chi connectivity index (χ4v) is 2.52. The van der Waals surface area contributed by atoms with Crippen molar-refractivity contribution in [2.24, 2.45) is 13.0 Å². The molecule has 0 amide bonds. The van der Waals surface area contributed by atoms with Crippen molar-refractivity contribution in [3.8, 4) is 0 Å². The third-order valence-corrected chi connectivity index (χ3v) is 3.57. The zero-order valence-electron chi connectivity index (χ0n) is 10.5. The van der Waals surface area contributed by atoms with Gasteiger partial charge in [0, 0.05) is 26.0 Å². The normalized spacial score (nSPS) is 16.3. The molecule has 1 fully saturated rings. The molecule has 1 heterocycles. The zero-order valence-corrected chi connectivity index (χ0v) is 10.5. The van der Waals surface area contributed by atoms with Gasteiger partial charge in [0.25, 0.3) is 5.56 Å². The van der Waals surface area contributed by atoms with Gasteiger partial charge in [-0.3, -0.25) is 4.79 Å². The molecule has 0 bridgehead atoms. The molecule has 0 spiro atoms. The van der Waals surface area contributed by atoms with Gasteiger partial charge in [0.1, 0.15) is 0 Å². The highest BCUT2D eigenvalue weighted by Crippen LogP contribution is 2.28. The standard InChI is InChI=1S/C13H21N3O/c1-16-10-9-15-12(13(16)17)14-8-4-7-11-5-2-3-6-11/h9-11H,2-8H2,1H3,(H,14,15). The largest absolute Gasteiger partial charge is 0.365 e. The lowest BCUT2D eigenvalue weighted by Crippen LogP contribution is -2.22. The van der Waals surface area contributed by atoms with Gasteiger partial charge in [0.2, 0.25) is 0 Å². The topological polar surface area (TPSA) is 46.9 Å². The van der Waals surface area contributed by atoms with Crippen LogP contribution >= 0.6 is 0 Å². The minimum Gasteiger partial charge on any atom is -0.365 e. The van der Waals surface area contributed by atoms with Gasteiger partial charge in [-0.1, -0.05) is 25.7 Å². The highest BCUT2D eigenvalue weighted by atomic mass is 16.1. The van der Waals surface area contributed by atoms with E-state index in [1.165, 1.54) is 32.1 Å². The van der Waals surface area contributed by atoms with E-state index in [0.29, 0.717) is 5.82 Å². The maximum atomic E-state index is 11.7. The summed E-state index contributed by atoms with van der Waals surface area (Å²) in [5, 5.41) is 3.13. The van der Waals surface area contributed by atoms with Gasteiger partial charge < -0.3 is 9.88 Å². The van der Waals surface area contributed by atoms with Gasteiger partial charge in [0.05, 0.1) is 0 Å². The Morgan fingerprint density at radius 2 is 2.24 bits per heavy atom. The number of hydrogen-bond donors (Lipinski definition) is 1. The molecule has 4 nitrogen and oxygen atoms in total. The number of anilines is 1. The van der Waals surface area contributed by atoms with E-state index in [0.717, 1.165) is 18.9 Å². The number of nitrogens with one attached hydrogen (secondary N) is 1. The van der Waals surface area contributed by atoms with E-state index in [9.17, 15) is 4.79 Å². The average molecular weight is 235 g/mol. The Kier molecular flexibility index (Phi) is 4.18. The van der Waals surface area contributed by atoms with Gasteiger partial charge in [-0.25, -0.2) is 4.98 Å². The molecule has 1 aliphatic rings. The number of rotatable bonds is 5. The van der Waals surface area contributed by atoms with Gasteiger partial charge in [-0.2, -0.15) is 0 Å². The second kappa shape index (κ2) is 5.84. The number of aryl methyl sites for hydroxylation is 1. The number of nitrogens with zero attached hydrogens (tertiary/aromatic N) is 2. The van der Waals surface area contributed by atoms with Crippen LogP contribution in [0.4, 0.5) is 5.82 Å². The Morgan fingerprint density at radius 1 is 1.47 bits per heavy atom. The van der Waals surface area contributed by atoms with Crippen LogP contribution in [0.25, 0.3) is 0 Å². The summed E-state index contributed by atoms with van der Waals surface area (Å²) in [6.45, 7) is 0.850. The van der Waals surface area contributed by atoms with Crippen molar-refractivity contribution in [3.05, 3.63) is 22.7 Å². The summed E-state index contributed by atoms with van der Waals surface area (Å²) in [5.41, 5.74) is -0.0478. The van der Waals surface area contributed by atoms with Crippen LogP contribution in [0.1, 0.15) is 38.5 Å². The Morgan fingerprint density at radius 3 is 3.00 bits per heavy atom. The van der Waals surface area contributed by atoms with Crippen LogP contribution in [0.15, 0.2) is 17.2 Å². The molecule has 0 aliphatic heterocycles. The molecule has 1 N–H and O–H groups in total. The predicted molar refractivity (Wildman–Crippen MR) is 69.2 cm³/mol. The van der Waals surface area contributed by atoms with Crippen molar-refractivity contribution < 1.29 is 0 Å². The van der Waals surface area contributed by atoms with Crippen LogP contribution < -0.4 is 10.9 Å². The molecule has 17 heavy (non-hydrogen) atoms. The first-order valence-electron chi connectivity index (χ1n) is 6.53. The first kappa shape index (κ1) is 12.1. The van der Waals surface area contributed by atoms with E-state index < -0.39 is 0 Å². The summed E-state index contributed by atoms with van der Waals surface area (Å²) >= 11 is 0. The minimum atomic E-state index is -0.0478. The van der Waals surface area contributed by atoms with Gasteiger partial charge in [-0.05, 0) is 18.8 Å². The molecule has 1 aromatic heterocycles. The van der Waals surface area contributed by atoms with Crippen LogP contribution in [0.3, 0.4) is 0 Å². The maximum Gasteiger partial charge on any atom is 0.293 e. The molecule has 1 aromatic rings. The lowest BCUT2D eigenvalue weighted by Gasteiger charge is -2.09. The first-order valence-corrected chi connectivity index (χ1v) is 6.53. The molecule has 0 radical (unpaired) electrons. The molecule has 0 unspecified atom stereocenters. The monoisotopic (exact) mass is 235 g/mol. The summed E-state index contributed by atoms with van der Waals surface area (Å²) in [6.07, 6.45) is 11.3. The molecule has 1 saturated carbocycles. The van der Waals surface area contributed by atoms with E-state index >= 15 is 0 Å². The summed E-state index contributed by atoms with van der Waals surface area (Å²) in [4.78, 5) is 15.7. The van der Waals surface area contributed by atoms with Crippen LogP contribution in [-0.4, -0.2) is 16.1 Å². The smallest absolute Gasteiger partial charge is 0.293 e. The summed E-state index contributed by atoms with van der Waals surface area (Å²) in [5.74, 6) is 1.39. The van der Waals surface area contributed by atoms with Gasteiger partial charge in [0.15, 0.2) is 5.82 Å². The van der Waals surface area contributed by atoms with E-state index in [4.69, 9.17) is 0 Å². The summed E-state index contributed by atoms with van der Waals surface area (Å²) < 4.78 is 1.55. The molecule has 0 atom stereocenters. The molecule has 0 saturated heterocycles. The van der Waals surface area contributed by atoms with Crippen molar-refractivity contribution in [1.29, 1.82) is 0 Å². The van der Waals surface area contributed by atoms with Gasteiger partial charge in [-0.15, -0.1) is 0 Å². The molecule has 94 valence electrons. The maximum absolute atomic E-state index is 11.7. The third kappa shape index (κ3) is 3.32. The van der Waals surface area contributed by atoms with Crippen LogP contribution in [-0.2, 0) is 7.05 Å². The Hall–Kier alpha value is -1.32. The van der Waals surface area contributed by atoms with E-state index in [2.05, 4.69) is 10.3 Å². The lowest BCUT2D eigenvalue weighted by molar-refractivity contribution is 0.491. The quantitative estimate of drug-likeness (QED) is 0.796. The zero-order chi connectivity index (χ0) is 12.1. The van der Waals surface area contributed by atoms with E-state index in [-0.39, 0.29) is 5.56 Å². The Labute approximate surface area is 102 Å². The highest BCUT2D eigenvalue weighted by Gasteiger charge is 2.14. The Bertz CT molecular complexity index is 407. The lowest BCUT2D eigenvalue weighted by atomic mass is 10.0. The molecule has 1 aliphatic carbocycles. The van der Waals surface area contributed by atoms with Crippen LogP contribution in [0, 0.1) is 5.92 Å². The number of hydrogen-bond acceptors (Lipinski definition) is 3. The third-order valence-electron chi connectivity index (χ3n) is 3.57. The van der Waals surface area contributed by atoms with Crippen molar-refractivity contribution in [3.63, 3.8) is 0 Å². The fourth-order valence-electron chi connectivity index (χ4n) is 2.52. The second-order valence-electron chi connectivity index (χ2n) is 4.91.